The van der Waals surface area contributed by atoms with Crippen molar-refractivity contribution in [3.8, 4) is 0 Å². The molecule has 6 heteroatoms. The van der Waals surface area contributed by atoms with E-state index in [1.54, 1.807) is 6.07 Å². The summed E-state index contributed by atoms with van der Waals surface area (Å²) in [6.07, 6.45) is 0. The number of primary amides is 1. The van der Waals surface area contributed by atoms with Gasteiger partial charge in [-0.15, -0.1) is 0 Å². The van der Waals surface area contributed by atoms with Crippen molar-refractivity contribution in [1.82, 2.24) is 10.2 Å². The van der Waals surface area contributed by atoms with Crippen LogP contribution in [0.3, 0.4) is 0 Å². The standard InChI is InChI=1S/C14H19BrN4O/c15-13-7-10(1-2-12(13)14(16)20)19-8-11(9-19)18-5-3-17-4-6-18/h1-2,7,11,17H,3-6,8-9H2,(H2,16,20). The molecule has 1 aromatic rings. The minimum absolute atomic E-state index is 0.397. The van der Waals surface area contributed by atoms with Crippen LogP contribution in [-0.4, -0.2) is 56.1 Å². The molecule has 3 N–H and O–H groups in total. The zero-order valence-corrected chi connectivity index (χ0v) is 12.9. The number of hydrogen-bond donors (Lipinski definition) is 2. The van der Waals surface area contributed by atoms with Gasteiger partial charge in [0.1, 0.15) is 0 Å². The average Bonchev–Trinajstić information content (AvgIpc) is 2.38. The first-order valence-corrected chi connectivity index (χ1v) is 7.73. The van der Waals surface area contributed by atoms with Crippen LogP contribution in [-0.2, 0) is 0 Å². The average molecular weight is 339 g/mol. The fraction of sp³-hybridized carbons (Fsp3) is 0.500. The third-order valence-electron chi connectivity index (χ3n) is 4.11. The van der Waals surface area contributed by atoms with Crippen molar-refractivity contribution in [3.05, 3.63) is 28.2 Å². The molecule has 0 aliphatic carbocycles. The third-order valence-corrected chi connectivity index (χ3v) is 4.77. The van der Waals surface area contributed by atoms with Crippen LogP contribution in [0.4, 0.5) is 5.69 Å². The van der Waals surface area contributed by atoms with Gasteiger partial charge < -0.3 is 16.0 Å². The van der Waals surface area contributed by atoms with Crippen molar-refractivity contribution >= 4 is 27.5 Å². The molecule has 2 heterocycles. The topological polar surface area (TPSA) is 61.6 Å². The second-order valence-electron chi connectivity index (χ2n) is 5.37. The van der Waals surface area contributed by atoms with E-state index in [-0.39, 0.29) is 0 Å². The van der Waals surface area contributed by atoms with Crippen molar-refractivity contribution < 1.29 is 4.79 Å². The van der Waals surface area contributed by atoms with E-state index in [0.717, 1.165) is 49.4 Å². The van der Waals surface area contributed by atoms with Gasteiger partial charge in [-0.1, -0.05) is 0 Å². The number of piperazine rings is 1. The second-order valence-corrected chi connectivity index (χ2v) is 6.23. The fourth-order valence-electron chi connectivity index (χ4n) is 2.84. The van der Waals surface area contributed by atoms with Gasteiger partial charge in [-0.25, -0.2) is 0 Å². The maximum atomic E-state index is 11.2. The highest BCUT2D eigenvalue weighted by atomic mass is 79.9. The Balaban J connectivity index is 1.62. The van der Waals surface area contributed by atoms with Crippen LogP contribution < -0.4 is 16.0 Å². The lowest BCUT2D eigenvalue weighted by atomic mass is 10.0. The van der Waals surface area contributed by atoms with E-state index in [2.05, 4.69) is 31.0 Å². The molecular weight excluding hydrogens is 320 g/mol. The molecule has 0 aromatic heterocycles. The van der Waals surface area contributed by atoms with Gasteiger partial charge in [0.15, 0.2) is 0 Å². The minimum atomic E-state index is -0.397. The zero-order chi connectivity index (χ0) is 14.1. The molecule has 0 radical (unpaired) electrons. The van der Waals surface area contributed by atoms with E-state index in [9.17, 15) is 4.79 Å². The maximum absolute atomic E-state index is 11.2. The Kier molecular flexibility index (Phi) is 3.96. The molecule has 2 aliphatic rings. The lowest BCUT2D eigenvalue weighted by molar-refractivity contribution is 0.0999. The van der Waals surface area contributed by atoms with Crippen LogP contribution in [0.2, 0.25) is 0 Å². The number of anilines is 1. The number of halogens is 1. The van der Waals surface area contributed by atoms with Crippen LogP contribution in [0.1, 0.15) is 10.4 Å². The van der Waals surface area contributed by atoms with E-state index in [1.807, 2.05) is 12.1 Å². The number of hydrogen-bond acceptors (Lipinski definition) is 4. The number of benzene rings is 1. The third kappa shape index (κ3) is 2.68. The Morgan fingerprint density at radius 2 is 2.00 bits per heavy atom. The van der Waals surface area contributed by atoms with E-state index in [0.29, 0.717) is 11.6 Å². The Morgan fingerprint density at radius 1 is 1.30 bits per heavy atom. The lowest BCUT2D eigenvalue weighted by Gasteiger charge is -2.48. The number of carbonyl (C=O) groups excluding carboxylic acids is 1. The Bertz CT molecular complexity index is 510. The molecule has 1 amide bonds. The van der Waals surface area contributed by atoms with Crippen molar-refractivity contribution in [2.45, 2.75) is 6.04 Å². The van der Waals surface area contributed by atoms with Crippen LogP contribution in [0, 0.1) is 0 Å². The van der Waals surface area contributed by atoms with Gasteiger partial charge in [-0.3, -0.25) is 9.69 Å². The van der Waals surface area contributed by atoms with Gasteiger partial charge in [0, 0.05) is 55.5 Å². The number of nitrogens with two attached hydrogens (primary N) is 1. The first-order valence-electron chi connectivity index (χ1n) is 6.94. The summed E-state index contributed by atoms with van der Waals surface area (Å²) in [5.74, 6) is -0.397. The molecule has 108 valence electrons. The van der Waals surface area contributed by atoms with E-state index < -0.39 is 5.91 Å². The second kappa shape index (κ2) is 5.71. The molecule has 0 spiro atoms. The van der Waals surface area contributed by atoms with E-state index in [4.69, 9.17) is 5.73 Å². The minimum Gasteiger partial charge on any atom is -0.368 e. The zero-order valence-electron chi connectivity index (χ0n) is 11.3. The Morgan fingerprint density at radius 3 is 2.60 bits per heavy atom. The van der Waals surface area contributed by atoms with Crippen molar-refractivity contribution in [3.63, 3.8) is 0 Å². The SMILES string of the molecule is NC(=O)c1ccc(N2CC(N3CCNCC3)C2)cc1Br. The summed E-state index contributed by atoms with van der Waals surface area (Å²) >= 11 is 3.41. The van der Waals surface area contributed by atoms with Gasteiger partial charge in [0.05, 0.1) is 5.56 Å². The van der Waals surface area contributed by atoms with Gasteiger partial charge in [-0.2, -0.15) is 0 Å². The number of nitrogens with zero attached hydrogens (tertiary/aromatic N) is 2. The fourth-order valence-corrected chi connectivity index (χ4v) is 3.41. The van der Waals surface area contributed by atoms with Crippen LogP contribution >= 0.6 is 15.9 Å². The molecule has 20 heavy (non-hydrogen) atoms. The number of rotatable bonds is 3. The molecule has 3 rings (SSSR count). The number of amides is 1. The number of carbonyl (C=O) groups is 1. The summed E-state index contributed by atoms with van der Waals surface area (Å²) < 4.78 is 0.771. The van der Waals surface area contributed by atoms with Crippen LogP contribution in [0.5, 0.6) is 0 Å². The van der Waals surface area contributed by atoms with Crippen LogP contribution in [0.15, 0.2) is 22.7 Å². The van der Waals surface area contributed by atoms with Gasteiger partial charge in [0.25, 0.3) is 0 Å². The van der Waals surface area contributed by atoms with Crippen LogP contribution in [0.25, 0.3) is 0 Å². The molecular formula is C14H19BrN4O. The normalized spacial score (nSPS) is 20.8. The van der Waals surface area contributed by atoms with Gasteiger partial charge >= 0.3 is 0 Å². The molecule has 5 nitrogen and oxygen atoms in total. The smallest absolute Gasteiger partial charge is 0.249 e. The van der Waals surface area contributed by atoms with Gasteiger partial charge in [-0.05, 0) is 34.1 Å². The molecule has 0 atom stereocenters. The molecule has 0 bridgehead atoms. The Hall–Kier alpha value is -1.11. The number of nitrogens with one attached hydrogen (secondary N) is 1. The summed E-state index contributed by atoms with van der Waals surface area (Å²) in [5.41, 5.74) is 6.99. The highest BCUT2D eigenvalue weighted by molar-refractivity contribution is 9.10. The highest BCUT2D eigenvalue weighted by Crippen LogP contribution is 2.28. The lowest BCUT2D eigenvalue weighted by Crippen LogP contribution is -2.62. The summed E-state index contributed by atoms with van der Waals surface area (Å²) in [6.45, 7) is 6.58. The summed E-state index contributed by atoms with van der Waals surface area (Å²) in [7, 11) is 0. The first-order chi connectivity index (χ1) is 9.65. The summed E-state index contributed by atoms with van der Waals surface area (Å²) in [5, 5.41) is 3.38. The Labute approximate surface area is 127 Å². The van der Waals surface area contributed by atoms with Crippen molar-refractivity contribution in [2.24, 2.45) is 5.73 Å². The molecule has 2 saturated heterocycles. The molecule has 1 aromatic carbocycles. The summed E-state index contributed by atoms with van der Waals surface area (Å²) in [4.78, 5) is 16.1. The monoisotopic (exact) mass is 338 g/mol. The molecule has 0 saturated carbocycles. The highest BCUT2D eigenvalue weighted by Gasteiger charge is 2.32. The maximum Gasteiger partial charge on any atom is 0.249 e. The first kappa shape index (κ1) is 13.9. The summed E-state index contributed by atoms with van der Waals surface area (Å²) in [6, 6.07) is 6.40. The molecule has 2 aliphatic heterocycles. The van der Waals surface area contributed by atoms with E-state index >= 15 is 0 Å². The predicted octanol–water partition coefficient (Wildman–Crippen LogP) is 0.642. The van der Waals surface area contributed by atoms with Crippen molar-refractivity contribution in [2.75, 3.05) is 44.2 Å². The van der Waals surface area contributed by atoms with E-state index in [1.165, 1.54) is 0 Å². The van der Waals surface area contributed by atoms with Crippen molar-refractivity contribution in [1.29, 1.82) is 0 Å². The molecule has 0 unspecified atom stereocenters. The van der Waals surface area contributed by atoms with Gasteiger partial charge in [0.2, 0.25) is 5.91 Å². The predicted molar refractivity (Wildman–Crippen MR) is 83.1 cm³/mol. The quantitative estimate of drug-likeness (QED) is 0.849. The molecule has 2 fully saturated rings. The largest absolute Gasteiger partial charge is 0.368 e.